The second-order valence-electron chi connectivity index (χ2n) is 4.54. The zero-order valence-corrected chi connectivity index (χ0v) is 11.9. The molecule has 0 aliphatic rings. The third-order valence-electron chi connectivity index (χ3n) is 2.32. The summed E-state index contributed by atoms with van der Waals surface area (Å²) in [4.78, 5) is 12.7. The molecule has 3 heteroatoms. The van der Waals surface area contributed by atoms with E-state index in [9.17, 15) is 4.79 Å². The first-order chi connectivity index (χ1) is 8.68. The molecule has 98 valence electrons. The highest BCUT2D eigenvalue weighted by Crippen LogP contribution is 2.10. The van der Waals surface area contributed by atoms with Crippen LogP contribution in [0.15, 0.2) is 41.8 Å². The minimum atomic E-state index is -0.0217. The fraction of sp³-hybridized carbons (Fsp3) is 0.400. The monoisotopic (exact) mass is 263 g/mol. The fourth-order valence-electron chi connectivity index (χ4n) is 1.36. The molecule has 1 amide bonds. The van der Waals surface area contributed by atoms with Crippen LogP contribution in [-0.4, -0.2) is 12.5 Å². The number of hydrogen-bond acceptors (Lipinski definition) is 2. The van der Waals surface area contributed by atoms with Crippen LogP contribution in [-0.2, 0) is 11.2 Å². The highest BCUT2D eigenvalue weighted by Gasteiger charge is 1.95. The fourth-order valence-corrected chi connectivity index (χ4v) is 2.09. The third-order valence-corrected chi connectivity index (χ3v) is 3.25. The molecule has 1 aromatic heterocycles. The normalized spacial score (nSPS) is 11.7. The number of carbonyl (C=O) groups is 1. The maximum atomic E-state index is 11.3. The second kappa shape index (κ2) is 8.70. The van der Waals surface area contributed by atoms with Crippen molar-refractivity contribution < 1.29 is 4.79 Å². The minimum absolute atomic E-state index is 0.0217. The van der Waals surface area contributed by atoms with Crippen molar-refractivity contribution in [3.8, 4) is 0 Å². The summed E-state index contributed by atoms with van der Waals surface area (Å²) in [5.74, 6) is 0.468. The molecule has 1 heterocycles. The van der Waals surface area contributed by atoms with E-state index in [-0.39, 0.29) is 5.91 Å². The highest BCUT2D eigenvalue weighted by atomic mass is 32.1. The Morgan fingerprint density at radius 1 is 1.44 bits per heavy atom. The van der Waals surface area contributed by atoms with Gasteiger partial charge in [-0.2, -0.15) is 0 Å². The van der Waals surface area contributed by atoms with Gasteiger partial charge in [0.1, 0.15) is 0 Å². The van der Waals surface area contributed by atoms with Crippen molar-refractivity contribution in [1.29, 1.82) is 0 Å². The molecule has 0 saturated carbocycles. The van der Waals surface area contributed by atoms with E-state index in [0.717, 1.165) is 19.4 Å². The van der Waals surface area contributed by atoms with E-state index < -0.39 is 0 Å². The number of amides is 1. The van der Waals surface area contributed by atoms with E-state index in [0.29, 0.717) is 5.92 Å². The maximum absolute atomic E-state index is 11.3. The molecule has 0 unspecified atom stereocenters. The van der Waals surface area contributed by atoms with Crippen molar-refractivity contribution in [2.45, 2.75) is 26.7 Å². The van der Waals surface area contributed by atoms with Crippen LogP contribution in [0, 0.1) is 5.92 Å². The van der Waals surface area contributed by atoms with Gasteiger partial charge >= 0.3 is 0 Å². The van der Waals surface area contributed by atoms with Crippen LogP contribution in [0.4, 0.5) is 0 Å². The number of aryl methyl sites for hydroxylation is 1. The molecule has 0 radical (unpaired) electrons. The molecule has 2 nitrogen and oxygen atoms in total. The molecule has 0 saturated heterocycles. The predicted molar refractivity (Wildman–Crippen MR) is 78.8 cm³/mol. The Morgan fingerprint density at radius 2 is 2.28 bits per heavy atom. The average molecular weight is 263 g/mol. The molecule has 0 aromatic carbocycles. The van der Waals surface area contributed by atoms with Crippen LogP contribution in [0.3, 0.4) is 0 Å². The summed E-state index contributed by atoms with van der Waals surface area (Å²) >= 11 is 1.78. The van der Waals surface area contributed by atoms with Gasteiger partial charge in [-0.15, -0.1) is 11.3 Å². The first kappa shape index (κ1) is 14.7. The van der Waals surface area contributed by atoms with Gasteiger partial charge in [-0.3, -0.25) is 4.79 Å². The Labute approximate surface area is 113 Å². The summed E-state index contributed by atoms with van der Waals surface area (Å²) in [7, 11) is 0. The van der Waals surface area contributed by atoms with Crippen molar-refractivity contribution in [3.05, 3.63) is 46.7 Å². The average Bonchev–Trinajstić information content (AvgIpc) is 2.84. The van der Waals surface area contributed by atoms with E-state index in [2.05, 4.69) is 42.8 Å². The zero-order valence-electron chi connectivity index (χ0n) is 11.1. The van der Waals surface area contributed by atoms with Gasteiger partial charge < -0.3 is 5.32 Å². The van der Waals surface area contributed by atoms with Crippen molar-refractivity contribution in [2.24, 2.45) is 5.92 Å². The predicted octanol–water partition coefficient (Wildman–Crippen LogP) is 3.57. The van der Waals surface area contributed by atoms with Gasteiger partial charge in [0.2, 0.25) is 5.91 Å². The summed E-state index contributed by atoms with van der Waals surface area (Å²) in [6.07, 6.45) is 9.47. The Balaban J connectivity index is 2.13. The summed E-state index contributed by atoms with van der Waals surface area (Å²) < 4.78 is 0. The molecule has 1 rings (SSSR count). The largest absolute Gasteiger partial charge is 0.352 e. The van der Waals surface area contributed by atoms with Crippen LogP contribution in [0.1, 0.15) is 25.1 Å². The Bertz CT molecular complexity index is 391. The summed E-state index contributed by atoms with van der Waals surface area (Å²) in [6.45, 7) is 4.88. The van der Waals surface area contributed by atoms with Crippen LogP contribution in [0.5, 0.6) is 0 Å². The van der Waals surface area contributed by atoms with E-state index in [1.54, 1.807) is 23.5 Å². The maximum Gasteiger partial charge on any atom is 0.243 e. The van der Waals surface area contributed by atoms with Gasteiger partial charge in [0, 0.05) is 17.5 Å². The lowest BCUT2D eigenvalue weighted by molar-refractivity contribution is -0.116. The molecule has 1 N–H and O–H groups in total. The van der Waals surface area contributed by atoms with Crippen molar-refractivity contribution in [2.75, 3.05) is 6.54 Å². The summed E-state index contributed by atoms with van der Waals surface area (Å²) in [5, 5.41) is 4.93. The van der Waals surface area contributed by atoms with Crippen LogP contribution in [0.2, 0.25) is 0 Å². The van der Waals surface area contributed by atoms with Crippen LogP contribution < -0.4 is 5.32 Å². The van der Waals surface area contributed by atoms with E-state index in [1.165, 1.54) is 4.88 Å². The van der Waals surface area contributed by atoms with Crippen LogP contribution in [0.25, 0.3) is 0 Å². The van der Waals surface area contributed by atoms with E-state index >= 15 is 0 Å². The van der Waals surface area contributed by atoms with Gasteiger partial charge in [-0.1, -0.05) is 38.1 Å². The topological polar surface area (TPSA) is 29.1 Å². The SMILES string of the molecule is CC(C)CNC(=O)/C=C/C=C/CCc1cccs1. The molecule has 18 heavy (non-hydrogen) atoms. The van der Waals surface area contributed by atoms with Crippen molar-refractivity contribution >= 4 is 17.2 Å². The third kappa shape index (κ3) is 7.07. The molecule has 0 aliphatic heterocycles. The van der Waals surface area contributed by atoms with Gasteiger partial charge in [0.15, 0.2) is 0 Å². The van der Waals surface area contributed by atoms with Crippen molar-refractivity contribution in [3.63, 3.8) is 0 Å². The van der Waals surface area contributed by atoms with Gasteiger partial charge in [0.05, 0.1) is 0 Å². The van der Waals surface area contributed by atoms with E-state index in [4.69, 9.17) is 0 Å². The summed E-state index contributed by atoms with van der Waals surface area (Å²) in [6, 6.07) is 4.22. The molecule has 0 aliphatic carbocycles. The Hall–Kier alpha value is -1.35. The van der Waals surface area contributed by atoms with Crippen molar-refractivity contribution in [1.82, 2.24) is 5.32 Å². The number of nitrogens with one attached hydrogen (secondary N) is 1. The lowest BCUT2D eigenvalue weighted by atomic mass is 10.2. The Morgan fingerprint density at radius 3 is 2.94 bits per heavy atom. The number of thiophene rings is 1. The van der Waals surface area contributed by atoms with Gasteiger partial charge in [-0.05, 0) is 30.2 Å². The molecule has 0 atom stereocenters. The lowest BCUT2D eigenvalue weighted by Crippen LogP contribution is -2.25. The van der Waals surface area contributed by atoms with Gasteiger partial charge in [0.25, 0.3) is 0 Å². The molecular formula is C15H21NOS. The number of rotatable bonds is 7. The lowest BCUT2D eigenvalue weighted by Gasteiger charge is -2.03. The van der Waals surface area contributed by atoms with Gasteiger partial charge in [-0.25, -0.2) is 0 Å². The standard InChI is InChI=1S/C15H21NOS/c1-13(2)12-16-15(17)10-6-4-3-5-8-14-9-7-11-18-14/h3-4,6-7,9-11,13H,5,8,12H2,1-2H3,(H,16,17)/b4-3+,10-6+. The quantitative estimate of drug-likeness (QED) is 0.591. The van der Waals surface area contributed by atoms with Crippen LogP contribution >= 0.6 is 11.3 Å². The summed E-state index contributed by atoms with van der Waals surface area (Å²) in [5.41, 5.74) is 0. The Kier molecular flexibility index (Phi) is 7.11. The highest BCUT2D eigenvalue weighted by molar-refractivity contribution is 7.09. The minimum Gasteiger partial charge on any atom is -0.352 e. The smallest absolute Gasteiger partial charge is 0.243 e. The number of carbonyl (C=O) groups excluding carboxylic acids is 1. The zero-order chi connectivity index (χ0) is 13.2. The van der Waals surface area contributed by atoms with E-state index in [1.807, 2.05) is 6.08 Å². The molecule has 0 spiro atoms. The molecule has 1 aromatic rings. The molecular weight excluding hydrogens is 242 g/mol. The number of hydrogen-bond donors (Lipinski definition) is 1. The molecule has 0 fully saturated rings. The second-order valence-corrected chi connectivity index (χ2v) is 5.58. The first-order valence-electron chi connectivity index (χ1n) is 6.32. The first-order valence-corrected chi connectivity index (χ1v) is 7.20. The molecule has 0 bridgehead atoms. The number of allylic oxidation sites excluding steroid dienone is 3.